The fraction of sp³-hybridized carbons (Fsp3) is 1.00. The molecule has 0 bridgehead atoms. The van der Waals surface area contributed by atoms with E-state index in [-0.39, 0.29) is 0 Å². The summed E-state index contributed by atoms with van der Waals surface area (Å²) in [7, 11) is 0. The van der Waals surface area contributed by atoms with Gasteiger partial charge in [0.25, 0.3) is 0 Å². The molecule has 0 unspecified atom stereocenters. The predicted octanol–water partition coefficient (Wildman–Crippen LogP) is 7.50. The Bertz CT molecular complexity index is 165. The summed E-state index contributed by atoms with van der Waals surface area (Å²) in [6.45, 7) is 3.89. The van der Waals surface area contributed by atoms with Crippen LogP contribution in [-0.4, -0.2) is 19.1 Å². The number of hydrogen-bond acceptors (Lipinski definition) is 1. The summed E-state index contributed by atoms with van der Waals surface area (Å²) in [5.74, 6) is 0.624. The van der Waals surface area contributed by atoms with Crippen LogP contribution in [0.5, 0.6) is 0 Å². The van der Waals surface area contributed by atoms with Gasteiger partial charge in [0.1, 0.15) is 0 Å². The van der Waals surface area contributed by atoms with E-state index in [4.69, 9.17) is 16.3 Å². The third-order valence-electron chi connectivity index (χ3n) is 4.36. The van der Waals surface area contributed by atoms with Crippen LogP contribution >= 0.6 is 11.6 Å². The Kier molecular flexibility index (Phi) is 21.5. The van der Waals surface area contributed by atoms with Gasteiger partial charge in [-0.05, 0) is 6.42 Å². The largest absolute Gasteiger partial charge is 0.380 e. The van der Waals surface area contributed by atoms with Gasteiger partial charge in [0.2, 0.25) is 0 Å². The highest BCUT2D eigenvalue weighted by atomic mass is 35.5. The van der Waals surface area contributed by atoms with Gasteiger partial charge in [-0.15, -0.1) is 11.6 Å². The lowest BCUT2D eigenvalue weighted by molar-refractivity contribution is 0.144. The molecule has 22 heavy (non-hydrogen) atoms. The first-order valence-electron chi connectivity index (χ1n) is 10.1. The highest BCUT2D eigenvalue weighted by Crippen LogP contribution is 2.13. The van der Waals surface area contributed by atoms with Crippen LogP contribution in [0.25, 0.3) is 0 Å². The second-order valence-corrected chi connectivity index (χ2v) is 6.98. The molecule has 0 heterocycles. The predicted molar refractivity (Wildman–Crippen MR) is 101 cm³/mol. The average molecular weight is 333 g/mol. The number of hydrogen-bond donors (Lipinski definition) is 0. The lowest BCUT2D eigenvalue weighted by Gasteiger charge is -2.04. The maximum absolute atomic E-state index is 5.55. The lowest BCUT2D eigenvalue weighted by Crippen LogP contribution is -1.97. The Morgan fingerprint density at radius 1 is 0.500 bits per heavy atom. The van der Waals surface area contributed by atoms with Crippen molar-refractivity contribution < 1.29 is 4.74 Å². The van der Waals surface area contributed by atoms with Crippen molar-refractivity contribution in [3.8, 4) is 0 Å². The van der Waals surface area contributed by atoms with E-state index >= 15 is 0 Å². The van der Waals surface area contributed by atoms with Gasteiger partial charge in [-0.3, -0.25) is 0 Å². The molecule has 1 nitrogen and oxygen atoms in total. The topological polar surface area (TPSA) is 9.23 Å². The summed E-state index contributed by atoms with van der Waals surface area (Å²) < 4.78 is 5.37. The monoisotopic (exact) mass is 332 g/mol. The van der Waals surface area contributed by atoms with Crippen molar-refractivity contribution in [1.82, 2.24) is 0 Å². The first-order valence-corrected chi connectivity index (χ1v) is 10.6. The van der Waals surface area contributed by atoms with E-state index in [2.05, 4.69) is 6.92 Å². The van der Waals surface area contributed by atoms with Gasteiger partial charge in [0, 0.05) is 12.5 Å². The van der Waals surface area contributed by atoms with Crippen LogP contribution in [0.4, 0.5) is 0 Å². The molecule has 2 heteroatoms. The third-order valence-corrected chi connectivity index (χ3v) is 4.52. The first-order chi connectivity index (χ1) is 10.9. The standard InChI is InChI=1S/C20H41ClO/c1-2-3-4-5-6-7-8-9-10-11-12-13-14-15-16-17-19-22-20-18-21/h2-20H2,1H3. The fourth-order valence-electron chi connectivity index (χ4n) is 2.91. The maximum atomic E-state index is 5.55. The van der Waals surface area contributed by atoms with Crippen molar-refractivity contribution in [3.05, 3.63) is 0 Å². The van der Waals surface area contributed by atoms with Crippen LogP contribution in [-0.2, 0) is 4.74 Å². The van der Waals surface area contributed by atoms with Gasteiger partial charge in [-0.2, -0.15) is 0 Å². The van der Waals surface area contributed by atoms with E-state index in [0.717, 1.165) is 6.61 Å². The second kappa shape index (κ2) is 21.2. The third kappa shape index (κ3) is 20.2. The van der Waals surface area contributed by atoms with Crippen molar-refractivity contribution >= 4 is 11.6 Å². The smallest absolute Gasteiger partial charge is 0.0601 e. The molecule has 0 fully saturated rings. The van der Waals surface area contributed by atoms with E-state index in [9.17, 15) is 0 Å². The molecule has 0 saturated heterocycles. The minimum Gasteiger partial charge on any atom is -0.380 e. The Labute approximate surface area is 145 Å². The van der Waals surface area contributed by atoms with Crippen LogP contribution < -0.4 is 0 Å². The molecule has 0 aliphatic heterocycles. The molecule has 0 spiro atoms. The number of ether oxygens (including phenoxy) is 1. The van der Waals surface area contributed by atoms with E-state index < -0.39 is 0 Å². The SMILES string of the molecule is CCCCCCCCCCCCCCCCCCOCCCl. The van der Waals surface area contributed by atoms with Crippen LogP contribution in [0, 0.1) is 0 Å². The average Bonchev–Trinajstić information content (AvgIpc) is 2.54. The van der Waals surface area contributed by atoms with Crippen LogP contribution in [0.3, 0.4) is 0 Å². The van der Waals surface area contributed by atoms with Gasteiger partial charge in [0.05, 0.1) is 6.61 Å². The van der Waals surface area contributed by atoms with Gasteiger partial charge in [0.15, 0.2) is 0 Å². The Morgan fingerprint density at radius 3 is 1.23 bits per heavy atom. The highest BCUT2D eigenvalue weighted by molar-refractivity contribution is 6.17. The van der Waals surface area contributed by atoms with Crippen LogP contribution in [0.15, 0.2) is 0 Å². The number of rotatable bonds is 19. The van der Waals surface area contributed by atoms with Crippen LogP contribution in [0.1, 0.15) is 110 Å². The maximum Gasteiger partial charge on any atom is 0.0601 e. The highest BCUT2D eigenvalue weighted by Gasteiger charge is 1.94. The summed E-state index contributed by atoms with van der Waals surface area (Å²) in [5.41, 5.74) is 0. The van der Waals surface area contributed by atoms with Gasteiger partial charge >= 0.3 is 0 Å². The summed E-state index contributed by atoms with van der Waals surface area (Å²) in [6, 6.07) is 0. The quantitative estimate of drug-likeness (QED) is 0.176. The molecule has 0 rings (SSSR count). The lowest BCUT2D eigenvalue weighted by atomic mass is 10.0. The Hall–Kier alpha value is 0.250. The number of alkyl halides is 1. The van der Waals surface area contributed by atoms with E-state index in [0.29, 0.717) is 12.5 Å². The van der Waals surface area contributed by atoms with Crippen molar-refractivity contribution in [2.45, 2.75) is 110 Å². The minimum absolute atomic E-state index is 0.624. The Balaban J connectivity index is 2.91. The zero-order valence-electron chi connectivity index (χ0n) is 15.2. The molecule has 0 aliphatic carbocycles. The molecule has 0 saturated carbocycles. The number of halogens is 1. The van der Waals surface area contributed by atoms with Gasteiger partial charge in [-0.25, -0.2) is 0 Å². The molecule has 134 valence electrons. The molecular formula is C20H41ClO. The molecule has 0 aromatic rings. The molecular weight excluding hydrogens is 292 g/mol. The fourth-order valence-corrected chi connectivity index (χ4v) is 3.02. The molecule has 0 aromatic heterocycles. The van der Waals surface area contributed by atoms with Crippen molar-refractivity contribution in [2.75, 3.05) is 19.1 Å². The zero-order chi connectivity index (χ0) is 16.1. The number of unbranched alkanes of at least 4 members (excludes halogenated alkanes) is 15. The molecule has 0 amide bonds. The summed E-state index contributed by atoms with van der Waals surface area (Å²) in [4.78, 5) is 0. The summed E-state index contributed by atoms with van der Waals surface area (Å²) in [5, 5.41) is 0. The molecule has 0 atom stereocenters. The zero-order valence-corrected chi connectivity index (χ0v) is 16.0. The van der Waals surface area contributed by atoms with Gasteiger partial charge in [-0.1, -0.05) is 103 Å². The molecule has 0 radical (unpaired) electrons. The normalized spacial score (nSPS) is 11.2. The van der Waals surface area contributed by atoms with Crippen molar-refractivity contribution in [1.29, 1.82) is 0 Å². The first kappa shape index (κ1) is 22.2. The summed E-state index contributed by atoms with van der Waals surface area (Å²) >= 11 is 5.55. The van der Waals surface area contributed by atoms with Crippen molar-refractivity contribution in [2.24, 2.45) is 0 Å². The Morgan fingerprint density at radius 2 is 0.864 bits per heavy atom. The van der Waals surface area contributed by atoms with Gasteiger partial charge < -0.3 is 4.74 Å². The molecule has 0 N–H and O–H groups in total. The van der Waals surface area contributed by atoms with E-state index in [1.54, 1.807) is 0 Å². The minimum atomic E-state index is 0.624. The molecule has 0 aromatic carbocycles. The summed E-state index contributed by atoms with van der Waals surface area (Å²) in [6.07, 6.45) is 22.7. The van der Waals surface area contributed by atoms with Crippen molar-refractivity contribution in [3.63, 3.8) is 0 Å². The van der Waals surface area contributed by atoms with E-state index in [1.807, 2.05) is 0 Å². The van der Waals surface area contributed by atoms with Crippen LogP contribution in [0.2, 0.25) is 0 Å². The second-order valence-electron chi connectivity index (χ2n) is 6.60. The molecule has 0 aliphatic rings. The van der Waals surface area contributed by atoms with E-state index in [1.165, 1.54) is 103 Å².